The van der Waals surface area contributed by atoms with E-state index in [0.29, 0.717) is 17.9 Å². The molecule has 28 heavy (non-hydrogen) atoms. The van der Waals surface area contributed by atoms with Gasteiger partial charge in [0.05, 0.1) is 10.6 Å². The predicted octanol–water partition coefficient (Wildman–Crippen LogP) is 2.95. The van der Waals surface area contributed by atoms with Gasteiger partial charge in [-0.3, -0.25) is 10.1 Å². The van der Waals surface area contributed by atoms with Gasteiger partial charge in [-0.2, -0.15) is 13.4 Å². The molecule has 0 saturated heterocycles. The molecule has 0 bridgehead atoms. The number of anilines is 1. The largest absolute Gasteiger partial charge is 0.368 e. The Bertz CT molecular complexity index is 1020. The van der Waals surface area contributed by atoms with Crippen molar-refractivity contribution >= 4 is 21.8 Å². The van der Waals surface area contributed by atoms with Gasteiger partial charge in [-0.15, -0.1) is 0 Å². The van der Waals surface area contributed by atoms with Crippen LogP contribution in [0.2, 0.25) is 0 Å². The van der Waals surface area contributed by atoms with Gasteiger partial charge in [-0.05, 0) is 43.7 Å². The molecular weight excluding hydrogens is 384 g/mol. The molecule has 4 rings (SSSR count). The van der Waals surface area contributed by atoms with E-state index in [-0.39, 0.29) is 28.3 Å². The van der Waals surface area contributed by atoms with Crippen LogP contribution in [0.1, 0.15) is 49.3 Å². The summed E-state index contributed by atoms with van der Waals surface area (Å²) in [5, 5.41) is 10.8. The number of rotatable bonds is 4. The summed E-state index contributed by atoms with van der Waals surface area (Å²) in [6.45, 7) is 0. The lowest BCUT2D eigenvalue weighted by Gasteiger charge is -2.36. The third-order valence-corrected chi connectivity index (χ3v) is 6.80. The Hall–Kier alpha value is -2.75. The van der Waals surface area contributed by atoms with Gasteiger partial charge in [0.2, 0.25) is 11.8 Å². The van der Waals surface area contributed by atoms with E-state index in [2.05, 4.69) is 9.97 Å². The Morgan fingerprint density at radius 2 is 1.82 bits per heavy atom. The molecule has 1 heterocycles. The Kier molecular flexibility index (Phi) is 4.66. The van der Waals surface area contributed by atoms with Gasteiger partial charge in [0, 0.05) is 23.6 Å². The smallest absolute Gasteiger partial charge is 0.340 e. The molecule has 0 amide bonds. The first-order valence-electron chi connectivity index (χ1n) is 9.20. The van der Waals surface area contributed by atoms with Gasteiger partial charge in [0.15, 0.2) is 0 Å². The first kappa shape index (κ1) is 18.6. The summed E-state index contributed by atoms with van der Waals surface area (Å²) in [5.41, 5.74) is 7.14. The van der Waals surface area contributed by atoms with Crippen LogP contribution in [-0.4, -0.2) is 23.3 Å². The topological polar surface area (TPSA) is 138 Å². The minimum absolute atomic E-state index is 0.0149. The Labute approximate surface area is 162 Å². The predicted molar refractivity (Wildman–Crippen MR) is 100 cm³/mol. The zero-order valence-corrected chi connectivity index (χ0v) is 15.9. The number of aromatic nitrogens is 2. The summed E-state index contributed by atoms with van der Waals surface area (Å²) in [6, 6.07) is 4.52. The summed E-state index contributed by atoms with van der Waals surface area (Å²) < 4.78 is 30.7. The summed E-state index contributed by atoms with van der Waals surface area (Å²) in [4.78, 5) is 18.4. The van der Waals surface area contributed by atoms with Crippen LogP contribution in [0.3, 0.4) is 0 Å². The molecule has 1 aromatic carbocycles. The minimum atomic E-state index is -4.20. The molecule has 148 valence electrons. The zero-order valence-electron chi connectivity index (χ0n) is 15.1. The molecule has 1 saturated carbocycles. The van der Waals surface area contributed by atoms with Crippen LogP contribution in [0.15, 0.2) is 29.2 Å². The molecule has 2 atom stereocenters. The highest BCUT2D eigenvalue weighted by Gasteiger charge is 2.36. The Balaban J connectivity index is 1.68. The highest BCUT2D eigenvalue weighted by Crippen LogP contribution is 2.46. The average Bonchev–Trinajstić information content (AvgIpc) is 2.67. The fourth-order valence-electron chi connectivity index (χ4n) is 4.24. The standard InChI is InChI=1S/C18H20N4O5S/c19-18-20-16-14-4-2-1-3-11(14)5-10-15(16)17(21-18)27-28(25,26)13-8-6-12(7-9-13)22(23)24/h6-9,11,14H,1-5,10H2,(H2,19,20,21)/t11-,14+/m0/s1. The molecule has 1 aromatic heterocycles. The number of non-ortho nitro benzene ring substituents is 1. The average molecular weight is 404 g/mol. The van der Waals surface area contributed by atoms with Gasteiger partial charge >= 0.3 is 10.1 Å². The number of fused-ring (bicyclic) bond motifs is 3. The monoisotopic (exact) mass is 404 g/mol. The van der Waals surface area contributed by atoms with Gasteiger partial charge in [-0.25, -0.2) is 4.98 Å². The molecule has 2 aromatic rings. The third kappa shape index (κ3) is 3.39. The van der Waals surface area contributed by atoms with Crippen molar-refractivity contribution in [3.63, 3.8) is 0 Å². The van der Waals surface area contributed by atoms with Crippen LogP contribution in [0, 0.1) is 16.0 Å². The number of nitrogen functional groups attached to an aromatic ring is 1. The molecular formula is C18H20N4O5S. The number of nitrogens with two attached hydrogens (primary N) is 1. The highest BCUT2D eigenvalue weighted by atomic mass is 32.2. The second-order valence-corrected chi connectivity index (χ2v) is 8.78. The van der Waals surface area contributed by atoms with Crippen molar-refractivity contribution in [2.75, 3.05) is 5.73 Å². The number of nitro groups is 1. The van der Waals surface area contributed by atoms with Crippen molar-refractivity contribution in [1.29, 1.82) is 0 Å². The van der Waals surface area contributed by atoms with Gasteiger partial charge in [0.25, 0.3) is 5.69 Å². The maximum atomic E-state index is 12.7. The van der Waals surface area contributed by atoms with E-state index in [1.54, 1.807) is 0 Å². The Morgan fingerprint density at radius 3 is 2.54 bits per heavy atom. The highest BCUT2D eigenvalue weighted by molar-refractivity contribution is 7.87. The van der Waals surface area contributed by atoms with Crippen molar-refractivity contribution in [2.45, 2.75) is 49.3 Å². The summed E-state index contributed by atoms with van der Waals surface area (Å²) in [7, 11) is -4.20. The van der Waals surface area contributed by atoms with Crippen molar-refractivity contribution in [3.8, 4) is 5.88 Å². The van der Waals surface area contributed by atoms with Gasteiger partial charge in [-0.1, -0.05) is 12.8 Å². The van der Waals surface area contributed by atoms with E-state index < -0.39 is 15.0 Å². The first-order valence-corrected chi connectivity index (χ1v) is 10.6. The SMILES string of the molecule is Nc1nc(OS(=O)(=O)c2ccc([N+](=O)[O-])cc2)c2c(n1)[C@@H]1CCCC[C@H]1CC2. The molecule has 2 aliphatic rings. The molecule has 9 nitrogen and oxygen atoms in total. The lowest BCUT2D eigenvalue weighted by atomic mass is 9.70. The zero-order chi connectivity index (χ0) is 19.9. The quantitative estimate of drug-likeness (QED) is 0.466. The number of hydrogen-bond acceptors (Lipinski definition) is 8. The van der Waals surface area contributed by atoms with Crippen LogP contribution >= 0.6 is 0 Å². The maximum Gasteiger partial charge on any atom is 0.340 e. The van der Waals surface area contributed by atoms with Crippen LogP contribution < -0.4 is 9.92 Å². The summed E-state index contributed by atoms with van der Waals surface area (Å²) >= 11 is 0. The normalized spacial score (nSPS) is 21.4. The van der Waals surface area contributed by atoms with E-state index in [1.165, 1.54) is 6.42 Å². The van der Waals surface area contributed by atoms with Crippen molar-refractivity contribution in [3.05, 3.63) is 45.6 Å². The minimum Gasteiger partial charge on any atom is -0.368 e. The van der Waals surface area contributed by atoms with Gasteiger partial charge in [0.1, 0.15) is 4.90 Å². The number of benzene rings is 1. The summed E-state index contributed by atoms with van der Waals surface area (Å²) in [5.74, 6) is 0.741. The molecule has 0 aliphatic heterocycles. The first-order chi connectivity index (χ1) is 13.3. The molecule has 0 radical (unpaired) electrons. The van der Waals surface area contributed by atoms with Gasteiger partial charge < -0.3 is 9.92 Å². The molecule has 0 spiro atoms. The van der Waals surface area contributed by atoms with Crippen molar-refractivity contribution in [1.82, 2.24) is 9.97 Å². The van der Waals surface area contributed by atoms with Crippen molar-refractivity contribution < 1.29 is 17.5 Å². The third-order valence-electron chi connectivity index (χ3n) is 5.57. The maximum absolute atomic E-state index is 12.7. The van der Waals surface area contributed by atoms with Crippen LogP contribution in [0.25, 0.3) is 0 Å². The Morgan fingerprint density at radius 1 is 1.11 bits per heavy atom. The second kappa shape index (κ2) is 7.01. The lowest BCUT2D eigenvalue weighted by molar-refractivity contribution is -0.384. The molecule has 0 unspecified atom stereocenters. The fraction of sp³-hybridized carbons (Fsp3) is 0.444. The van der Waals surface area contributed by atoms with E-state index in [4.69, 9.17) is 9.92 Å². The van der Waals surface area contributed by atoms with E-state index >= 15 is 0 Å². The molecule has 2 aliphatic carbocycles. The lowest BCUT2D eigenvalue weighted by Crippen LogP contribution is -2.27. The van der Waals surface area contributed by atoms with Crippen molar-refractivity contribution in [2.24, 2.45) is 5.92 Å². The van der Waals surface area contributed by atoms with Crippen LogP contribution in [-0.2, 0) is 16.5 Å². The number of nitro benzene ring substituents is 1. The summed E-state index contributed by atoms with van der Waals surface area (Å²) in [6.07, 6.45) is 6.05. The van der Waals surface area contributed by atoms with E-state index in [1.807, 2.05) is 0 Å². The fourth-order valence-corrected chi connectivity index (χ4v) is 5.15. The molecule has 1 fully saturated rings. The van der Waals surface area contributed by atoms with Crippen LogP contribution in [0.5, 0.6) is 5.88 Å². The number of nitrogens with zero attached hydrogens (tertiary/aromatic N) is 3. The van der Waals surface area contributed by atoms with Crippen LogP contribution in [0.4, 0.5) is 11.6 Å². The van der Waals surface area contributed by atoms with E-state index in [9.17, 15) is 18.5 Å². The second-order valence-electron chi connectivity index (χ2n) is 7.23. The van der Waals surface area contributed by atoms with E-state index in [0.717, 1.165) is 55.6 Å². The molecule has 2 N–H and O–H groups in total. The number of hydrogen-bond donors (Lipinski definition) is 1. The molecule has 10 heteroatoms.